The highest BCUT2D eigenvalue weighted by Crippen LogP contribution is 2.23. The highest BCUT2D eigenvalue weighted by molar-refractivity contribution is 5.31. The molecule has 0 aliphatic carbocycles. The van der Waals surface area contributed by atoms with Gasteiger partial charge < -0.3 is 4.74 Å². The van der Waals surface area contributed by atoms with E-state index >= 15 is 0 Å². The molecule has 1 heterocycles. The summed E-state index contributed by atoms with van der Waals surface area (Å²) < 4.78 is 7.49. The summed E-state index contributed by atoms with van der Waals surface area (Å²) in [6.07, 6.45) is 0. The van der Waals surface area contributed by atoms with E-state index < -0.39 is 0 Å². The van der Waals surface area contributed by atoms with E-state index in [0.29, 0.717) is 11.8 Å². The standard InChI is InChI=1S/C14H18N2O/c1-10(2)12-5-7-13(8-6-12)17-14-9-11(3)16(4)15-14/h5-10H,1-4H3. The van der Waals surface area contributed by atoms with Crippen molar-refractivity contribution in [3.8, 4) is 11.6 Å². The van der Waals surface area contributed by atoms with Crippen molar-refractivity contribution in [2.45, 2.75) is 26.7 Å². The summed E-state index contributed by atoms with van der Waals surface area (Å²) in [4.78, 5) is 0. The lowest BCUT2D eigenvalue weighted by atomic mass is 10.0. The third kappa shape index (κ3) is 2.67. The van der Waals surface area contributed by atoms with Crippen LogP contribution in [0.25, 0.3) is 0 Å². The topological polar surface area (TPSA) is 27.1 Å². The molecule has 1 aromatic carbocycles. The molecule has 0 aliphatic rings. The number of benzene rings is 1. The molecule has 2 rings (SSSR count). The SMILES string of the molecule is Cc1cc(Oc2ccc(C(C)C)cc2)nn1C. The Morgan fingerprint density at radius 1 is 1.18 bits per heavy atom. The first-order valence-corrected chi connectivity index (χ1v) is 5.84. The van der Waals surface area contributed by atoms with E-state index in [4.69, 9.17) is 4.74 Å². The quantitative estimate of drug-likeness (QED) is 0.804. The molecule has 0 fully saturated rings. The van der Waals surface area contributed by atoms with Gasteiger partial charge in [-0.25, -0.2) is 0 Å². The Morgan fingerprint density at radius 3 is 2.29 bits per heavy atom. The zero-order valence-corrected chi connectivity index (χ0v) is 10.8. The van der Waals surface area contributed by atoms with E-state index in [1.54, 1.807) is 4.68 Å². The molecule has 3 heteroatoms. The van der Waals surface area contributed by atoms with Crippen LogP contribution in [0.5, 0.6) is 11.6 Å². The largest absolute Gasteiger partial charge is 0.438 e. The van der Waals surface area contributed by atoms with Gasteiger partial charge in [-0.15, -0.1) is 5.10 Å². The predicted molar refractivity (Wildman–Crippen MR) is 68.6 cm³/mol. The molecule has 17 heavy (non-hydrogen) atoms. The zero-order chi connectivity index (χ0) is 12.4. The fourth-order valence-electron chi connectivity index (χ4n) is 1.62. The summed E-state index contributed by atoms with van der Waals surface area (Å²) in [5.74, 6) is 2.01. The Hall–Kier alpha value is -1.77. The molecule has 0 atom stereocenters. The van der Waals surface area contributed by atoms with Crippen LogP contribution in [-0.4, -0.2) is 9.78 Å². The normalized spacial score (nSPS) is 10.9. The van der Waals surface area contributed by atoms with Gasteiger partial charge in [0.05, 0.1) is 0 Å². The molecule has 0 aliphatic heterocycles. The van der Waals surface area contributed by atoms with E-state index in [1.807, 2.05) is 32.2 Å². The zero-order valence-electron chi connectivity index (χ0n) is 10.8. The van der Waals surface area contributed by atoms with Crippen LogP contribution >= 0.6 is 0 Å². The Labute approximate surface area is 102 Å². The summed E-state index contributed by atoms with van der Waals surface area (Å²) in [7, 11) is 1.91. The van der Waals surface area contributed by atoms with Crippen molar-refractivity contribution in [3.05, 3.63) is 41.6 Å². The van der Waals surface area contributed by atoms with Gasteiger partial charge in [0.2, 0.25) is 5.88 Å². The fraction of sp³-hybridized carbons (Fsp3) is 0.357. The maximum Gasteiger partial charge on any atom is 0.238 e. The molecule has 0 unspecified atom stereocenters. The second-order valence-electron chi connectivity index (χ2n) is 4.57. The highest BCUT2D eigenvalue weighted by Gasteiger charge is 2.04. The van der Waals surface area contributed by atoms with Crippen molar-refractivity contribution in [1.82, 2.24) is 9.78 Å². The smallest absolute Gasteiger partial charge is 0.238 e. The number of hydrogen-bond donors (Lipinski definition) is 0. The molecule has 0 bridgehead atoms. The highest BCUT2D eigenvalue weighted by atomic mass is 16.5. The van der Waals surface area contributed by atoms with Crippen LogP contribution in [0, 0.1) is 6.92 Å². The molecule has 3 nitrogen and oxygen atoms in total. The van der Waals surface area contributed by atoms with Crippen molar-refractivity contribution in [3.63, 3.8) is 0 Å². The predicted octanol–water partition coefficient (Wildman–Crippen LogP) is 3.64. The molecule has 0 amide bonds. The maximum atomic E-state index is 5.68. The monoisotopic (exact) mass is 230 g/mol. The number of hydrogen-bond acceptors (Lipinski definition) is 2. The molecule has 2 aromatic rings. The Morgan fingerprint density at radius 2 is 1.82 bits per heavy atom. The Balaban J connectivity index is 2.13. The molecular weight excluding hydrogens is 212 g/mol. The van der Waals surface area contributed by atoms with E-state index in [-0.39, 0.29) is 0 Å². The van der Waals surface area contributed by atoms with Gasteiger partial charge in [0.15, 0.2) is 0 Å². The third-order valence-electron chi connectivity index (χ3n) is 2.86. The lowest BCUT2D eigenvalue weighted by molar-refractivity contribution is 0.453. The van der Waals surface area contributed by atoms with Gasteiger partial charge in [0.1, 0.15) is 5.75 Å². The van der Waals surface area contributed by atoms with Gasteiger partial charge in [-0.1, -0.05) is 26.0 Å². The van der Waals surface area contributed by atoms with Crippen LogP contribution in [0.2, 0.25) is 0 Å². The van der Waals surface area contributed by atoms with Crippen molar-refractivity contribution >= 4 is 0 Å². The number of aromatic nitrogens is 2. The van der Waals surface area contributed by atoms with Crippen molar-refractivity contribution in [2.24, 2.45) is 7.05 Å². The Kier molecular flexibility index (Phi) is 3.18. The minimum atomic E-state index is 0.543. The second-order valence-corrected chi connectivity index (χ2v) is 4.57. The van der Waals surface area contributed by atoms with Crippen molar-refractivity contribution < 1.29 is 4.74 Å². The van der Waals surface area contributed by atoms with E-state index in [1.165, 1.54) is 5.56 Å². The molecule has 90 valence electrons. The first-order valence-electron chi connectivity index (χ1n) is 5.84. The second kappa shape index (κ2) is 4.62. The summed E-state index contributed by atoms with van der Waals surface area (Å²) in [6.45, 7) is 6.36. The Bertz CT molecular complexity index is 478. The molecule has 1 aromatic heterocycles. The third-order valence-corrected chi connectivity index (χ3v) is 2.86. The molecular formula is C14H18N2O. The van der Waals surface area contributed by atoms with Gasteiger partial charge in [0.25, 0.3) is 0 Å². The molecule has 0 spiro atoms. The summed E-state index contributed by atoms with van der Waals surface area (Å²) >= 11 is 0. The summed E-state index contributed by atoms with van der Waals surface area (Å²) in [6, 6.07) is 10.1. The minimum Gasteiger partial charge on any atom is -0.438 e. The van der Waals surface area contributed by atoms with Crippen LogP contribution in [0.15, 0.2) is 30.3 Å². The summed E-state index contributed by atoms with van der Waals surface area (Å²) in [5.41, 5.74) is 2.40. The lowest BCUT2D eigenvalue weighted by Gasteiger charge is -2.06. The maximum absolute atomic E-state index is 5.68. The molecule has 0 N–H and O–H groups in total. The van der Waals surface area contributed by atoms with Crippen LogP contribution in [0.1, 0.15) is 31.0 Å². The average Bonchev–Trinajstić information content (AvgIpc) is 2.58. The van der Waals surface area contributed by atoms with Gasteiger partial charge in [-0.2, -0.15) is 0 Å². The number of nitrogens with zero attached hydrogens (tertiary/aromatic N) is 2. The van der Waals surface area contributed by atoms with E-state index in [9.17, 15) is 0 Å². The van der Waals surface area contributed by atoms with Crippen LogP contribution < -0.4 is 4.74 Å². The summed E-state index contributed by atoms with van der Waals surface area (Å²) in [5, 5.41) is 4.26. The van der Waals surface area contributed by atoms with Crippen LogP contribution in [0.3, 0.4) is 0 Å². The van der Waals surface area contributed by atoms with E-state index in [0.717, 1.165) is 11.4 Å². The lowest BCUT2D eigenvalue weighted by Crippen LogP contribution is -1.93. The van der Waals surface area contributed by atoms with Gasteiger partial charge in [-0.3, -0.25) is 4.68 Å². The molecule has 0 saturated carbocycles. The van der Waals surface area contributed by atoms with Gasteiger partial charge in [0, 0.05) is 18.8 Å². The minimum absolute atomic E-state index is 0.543. The van der Waals surface area contributed by atoms with E-state index in [2.05, 4.69) is 31.1 Å². The molecule has 0 radical (unpaired) electrons. The van der Waals surface area contributed by atoms with Crippen LogP contribution in [0.4, 0.5) is 0 Å². The van der Waals surface area contributed by atoms with Crippen LogP contribution in [-0.2, 0) is 7.05 Å². The average molecular weight is 230 g/mol. The van der Waals surface area contributed by atoms with Gasteiger partial charge in [-0.05, 0) is 30.5 Å². The van der Waals surface area contributed by atoms with Gasteiger partial charge >= 0.3 is 0 Å². The first-order chi connectivity index (χ1) is 8.06. The molecule has 0 saturated heterocycles. The van der Waals surface area contributed by atoms with Crippen molar-refractivity contribution in [1.29, 1.82) is 0 Å². The fourth-order valence-corrected chi connectivity index (χ4v) is 1.62. The van der Waals surface area contributed by atoms with Crippen molar-refractivity contribution in [2.75, 3.05) is 0 Å². The number of rotatable bonds is 3. The number of ether oxygens (including phenoxy) is 1. The first kappa shape index (κ1) is 11.7. The number of aryl methyl sites for hydroxylation is 2.